The van der Waals surface area contributed by atoms with Crippen LogP contribution in [-0.4, -0.2) is 17.0 Å². The zero-order valence-corrected chi connectivity index (χ0v) is 11.5. The Balaban J connectivity index is 2.15. The molecule has 0 N–H and O–H groups in total. The fourth-order valence-corrected chi connectivity index (χ4v) is 3.38. The van der Waals surface area contributed by atoms with Crippen LogP contribution in [0.2, 0.25) is 0 Å². The van der Waals surface area contributed by atoms with E-state index in [1.165, 1.54) is 5.57 Å². The van der Waals surface area contributed by atoms with E-state index in [0.717, 1.165) is 19.3 Å². The summed E-state index contributed by atoms with van der Waals surface area (Å²) in [6, 6.07) is 0. The van der Waals surface area contributed by atoms with Crippen LogP contribution in [-0.2, 0) is 9.53 Å². The van der Waals surface area contributed by atoms with Crippen molar-refractivity contribution >= 4 is 5.78 Å². The molecule has 2 aliphatic rings. The lowest BCUT2D eigenvalue weighted by molar-refractivity contribution is -0.192. The zero-order valence-electron chi connectivity index (χ0n) is 11.5. The molecule has 2 unspecified atom stereocenters. The lowest BCUT2D eigenvalue weighted by Gasteiger charge is -2.47. The van der Waals surface area contributed by atoms with Crippen molar-refractivity contribution < 1.29 is 9.53 Å². The molecule has 0 amide bonds. The van der Waals surface area contributed by atoms with Crippen LogP contribution in [0.1, 0.15) is 59.8 Å². The molecule has 0 aromatic carbocycles. The standard InChI is InChI=1S/C15H24O2/c1-11-5-7-12(8-6-11)15(4)10-13(16)9-14(2,3)17-15/h5,12H,6-10H2,1-4H3. The van der Waals surface area contributed by atoms with Gasteiger partial charge in [0, 0.05) is 12.8 Å². The van der Waals surface area contributed by atoms with Gasteiger partial charge >= 0.3 is 0 Å². The van der Waals surface area contributed by atoms with Crippen molar-refractivity contribution in [3.05, 3.63) is 11.6 Å². The minimum absolute atomic E-state index is 0.254. The molecule has 0 aromatic rings. The second-order valence-corrected chi connectivity index (χ2v) is 6.59. The fourth-order valence-electron chi connectivity index (χ4n) is 3.38. The molecule has 2 heteroatoms. The van der Waals surface area contributed by atoms with Gasteiger partial charge in [0.25, 0.3) is 0 Å². The van der Waals surface area contributed by atoms with Gasteiger partial charge in [-0.3, -0.25) is 4.79 Å². The second-order valence-electron chi connectivity index (χ2n) is 6.59. The Hall–Kier alpha value is -0.630. The third-order valence-corrected chi connectivity index (χ3v) is 4.18. The van der Waals surface area contributed by atoms with E-state index in [9.17, 15) is 4.79 Å². The van der Waals surface area contributed by atoms with E-state index < -0.39 is 0 Å². The first-order valence-electron chi connectivity index (χ1n) is 6.68. The predicted molar refractivity (Wildman–Crippen MR) is 68.9 cm³/mol. The van der Waals surface area contributed by atoms with Gasteiger partial charge in [-0.2, -0.15) is 0 Å². The molecule has 0 bridgehead atoms. The molecule has 17 heavy (non-hydrogen) atoms. The summed E-state index contributed by atoms with van der Waals surface area (Å²) in [5.41, 5.74) is 0.933. The van der Waals surface area contributed by atoms with Crippen LogP contribution in [0, 0.1) is 5.92 Å². The van der Waals surface area contributed by atoms with E-state index in [-0.39, 0.29) is 11.2 Å². The lowest BCUT2D eigenvalue weighted by atomic mass is 9.73. The highest BCUT2D eigenvalue weighted by atomic mass is 16.5. The molecular weight excluding hydrogens is 212 g/mol. The highest BCUT2D eigenvalue weighted by Gasteiger charge is 2.46. The third-order valence-electron chi connectivity index (χ3n) is 4.18. The minimum atomic E-state index is -0.291. The van der Waals surface area contributed by atoms with Crippen molar-refractivity contribution in [2.24, 2.45) is 5.92 Å². The van der Waals surface area contributed by atoms with Gasteiger partial charge < -0.3 is 4.74 Å². The first-order valence-corrected chi connectivity index (χ1v) is 6.68. The number of hydrogen-bond acceptors (Lipinski definition) is 2. The van der Waals surface area contributed by atoms with E-state index >= 15 is 0 Å². The Morgan fingerprint density at radius 2 is 2.00 bits per heavy atom. The molecule has 0 saturated carbocycles. The highest BCUT2D eigenvalue weighted by Crippen LogP contribution is 2.43. The zero-order chi connectivity index (χ0) is 12.7. The molecule has 0 spiro atoms. The van der Waals surface area contributed by atoms with Gasteiger partial charge in [0.1, 0.15) is 5.78 Å². The Morgan fingerprint density at radius 1 is 1.29 bits per heavy atom. The Kier molecular flexibility index (Phi) is 3.19. The van der Waals surface area contributed by atoms with Crippen molar-refractivity contribution in [2.75, 3.05) is 0 Å². The van der Waals surface area contributed by atoms with Crippen LogP contribution >= 0.6 is 0 Å². The maximum Gasteiger partial charge on any atom is 0.138 e. The molecule has 96 valence electrons. The van der Waals surface area contributed by atoms with E-state index in [4.69, 9.17) is 4.74 Å². The van der Waals surface area contributed by atoms with E-state index in [1.54, 1.807) is 0 Å². The maximum absolute atomic E-state index is 11.9. The first kappa shape index (κ1) is 12.8. The third kappa shape index (κ3) is 2.79. The average molecular weight is 236 g/mol. The van der Waals surface area contributed by atoms with E-state index in [1.807, 2.05) is 13.8 Å². The van der Waals surface area contributed by atoms with Crippen LogP contribution < -0.4 is 0 Å². The number of carbonyl (C=O) groups is 1. The van der Waals surface area contributed by atoms with Gasteiger partial charge in [-0.25, -0.2) is 0 Å². The fraction of sp³-hybridized carbons (Fsp3) is 0.800. The van der Waals surface area contributed by atoms with Gasteiger partial charge in [-0.05, 0) is 52.9 Å². The predicted octanol–water partition coefficient (Wildman–Crippen LogP) is 3.65. The van der Waals surface area contributed by atoms with Crippen molar-refractivity contribution in [2.45, 2.75) is 71.0 Å². The molecule has 2 nitrogen and oxygen atoms in total. The Morgan fingerprint density at radius 3 is 2.53 bits per heavy atom. The van der Waals surface area contributed by atoms with Gasteiger partial charge in [0.05, 0.1) is 11.2 Å². The Labute approximate surface area is 104 Å². The molecule has 1 aliphatic carbocycles. The van der Waals surface area contributed by atoms with Crippen molar-refractivity contribution in [3.63, 3.8) is 0 Å². The van der Waals surface area contributed by atoms with E-state index in [2.05, 4.69) is 19.9 Å². The molecule has 1 saturated heterocycles. The average Bonchev–Trinajstić information content (AvgIpc) is 2.14. The van der Waals surface area contributed by atoms with Crippen LogP contribution in [0.3, 0.4) is 0 Å². The lowest BCUT2D eigenvalue weighted by Crippen LogP contribution is -2.51. The summed E-state index contributed by atoms with van der Waals surface area (Å²) in [6.07, 6.45) is 6.83. The molecule has 1 aliphatic heterocycles. The first-order chi connectivity index (χ1) is 7.81. The van der Waals surface area contributed by atoms with Crippen LogP contribution in [0.4, 0.5) is 0 Å². The number of hydrogen-bond donors (Lipinski definition) is 0. The van der Waals surface area contributed by atoms with Gasteiger partial charge in [0.2, 0.25) is 0 Å². The molecule has 0 aromatic heterocycles. The number of ether oxygens (including phenoxy) is 1. The number of rotatable bonds is 1. The van der Waals surface area contributed by atoms with Crippen LogP contribution in [0.15, 0.2) is 11.6 Å². The molecule has 1 heterocycles. The number of allylic oxidation sites excluding steroid dienone is 2. The van der Waals surface area contributed by atoms with Crippen LogP contribution in [0.25, 0.3) is 0 Å². The number of Topliss-reactive ketones (excluding diaryl/α,β-unsaturated/α-hetero) is 1. The van der Waals surface area contributed by atoms with E-state index in [0.29, 0.717) is 24.5 Å². The maximum atomic E-state index is 11.9. The quantitative estimate of drug-likeness (QED) is 0.650. The van der Waals surface area contributed by atoms with Crippen molar-refractivity contribution in [1.82, 2.24) is 0 Å². The summed E-state index contributed by atoms with van der Waals surface area (Å²) >= 11 is 0. The van der Waals surface area contributed by atoms with Crippen molar-refractivity contribution in [3.8, 4) is 0 Å². The normalized spacial score (nSPS) is 37.8. The summed E-state index contributed by atoms with van der Waals surface area (Å²) in [7, 11) is 0. The minimum Gasteiger partial charge on any atom is -0.368 e. The summed E-state index contributed by atoms with van der Waals surface area (Å²) in [4.78, 5) is 11.9. The summed E-state index contributed by atoms with van der Waals surface area (Å²) in [6.45, 7) is 8.39. The summed E-state index contributed by atoms with van der Waals surface area (Å²) < 4.78 is 6.26. The van der Waals surface area contributed by atoms with Gasteiger partial charge in [-0.15, -0.1) is 0 Å². The molecule has 2 rings (SSSR count). The monoisotopic (exact) mass is 236 g/mol. The highest BCUT2D eigenvalue weighted by molar-refractivity contribution is 5.81. The second kappa shape index (κ2) is 4.24. The van der Waals surface area contributed by atoms with Crippen molar-refractivity contribution in [1.29, 1.82) is 0 Å². The van der Waals surface area contributed by atoms with Gasteiger partial charge in [-0.1, -0.05) is 11.6 Å². The smallest absolute Gasteiger partial charge is 0.138 e. The molecule has 0 radical (unpaired) electrons. The van der Waals surface area contributed by atoms with Gasteiger partial charge in [0.15, 0.2) is 0 Å². The largest absolute Gasteiger partial charge is 0.368 e. The number of ketones is 1. The topological polar surface area (TPSA) is 26.3 Å². The Bertz CT molecular complexity index is 354. The summed E-state index contributed by atoms with van der Waals surface area (Å²) in [5, 5.41) is 0. The molecule has 2 atom stereocenters. The van der Waals surface area contributed by atoms with Crippen LogP contribution in [0.5, 0.6) is 0 Å². The molecule has 1 fully saturated rings. The SMILES string of the molecule is CC1=CCC(C2(C)CC(=O)CC(C)(C)O2)CC1. The summed E-state index contributed by atoms with van der Waals surface area (Å²) in [5.74, 6) is 0.852. The number of carbonyl (C=O) groups excluding carboxylic acids is 1. The molecular formula is C15H24O2.